The van der Waals surface area contributed by atoms with E-state index in [1.54, 1.807) is 4.90 Å². The second-order valence-corrected chi connectivity index (χ2v) is 8.25. The Balaban J connectivity index is 1.64. The van der Waals surface area contributed by atoms with Gasteiger partial charge in [-0.1, -0.05) is 47.5 Å². The molecule has 0 saturated carbocycles. The highest BCUT2D eigenvalue weighted by atomic mass is 35.5. The smallest absolute Gasteiger partial charge is 0.127 e. The first-order chi connectivity index (χ1) is 13.0. The summed E-state index contributed by atoms with van der Waals surface area (Å²) in [5.41, 5.74) is 2.01. The summed E-state index contributed by atoms with van der Waals surface area (Å²) in [6.45, 7) is 5.52. The van der Waals surface area contributed by atoms with Crippen molar-refractivity contribution in [1.29, 1.82) is 0 Å². The molecule has 3 N–H and O–H groups in total. The zero-order valence-corrected chi connectivity index (χ0v) is 17.1. The highest BCUT2D eigenvalue weighted by molar-refractivity contribution is 6.30. The predicted molar refractivity (Wildman–Crippen MR) is 109 cm³/mol. The fourth-order valence-electron chi connectivity index (χ4n) is 3.49. The second kappa shape index (κ2) is 9.87. The zero-order chi connectivity index (χ0) is 19.2. The van der Waals surface area contributed by atoms with Gasteiger partial charge in [0.05, 0.1) is 13.7 Å². The van der Waals surface area contributed by atoms with Crippen LogP contribution in [0.15, 0.2) is 48.5 Å². The molecule has 1 fully saturated rings. The lowest BCUT2D eigenvalue weighted by Gasteiger charge is -2.29. The number of hydrogen-bond acceptors (Lipinski definition) is 2. The topological polar surface area (TPSA) is 38.3 Å². The van der Waals surface area contributed by atoms with E-state index in [4.69, 9.17) is 27.9 Å². The third-order valence-corrected chi connectivity index (χ3v) is 5.64. The van der Waals surface area contributed by atoms with Crippen LogP contribution in [0.5, 0.6) is 0 Å². The van der Waals surface area contributed by atoms with Crippen molar-refractivity contribution in [3.63, 3.8) is 0 Å². The van der Waals surface area contributed by atoms with E-state index < -0.39 is 6.10 Å². The van der Waals surface area contributed by atoms with E-state index in [9.17, 15) is 5.11 Å². The Kier molecular flexibility index (Phi) is 7.53. The molecule has 1 saturated heterocycles. The lowest BCUT2D eigenvalue weighted by atomic mass is 10.0. The van der Waals surface area contributed by atoms with Gasteiger partial charge in [0, 0.05) is 10.0 Å². The Morgan fingerprint density at radius 2 is 1.37 bits per heavy atom. The second-order valence-electron chi connectivity index (χ2n) is 7.38. The summed E-state index contributed by atoms with van der Waals surface area (Å²) < 4.78 is 6.16. The molecular weight excluding hydrogens is 383 g/mol. The van der Waals surface area contributed by atoms with Gasteiger partial charge in [-0.25, -0.2) is 0 Å². The van der Waals surface area contributed by atoms with E-state index in [2.05, 4.69) is 7.05 Å². The molecule has 0 radical (unpaired) electrons. The number of likely N-dealkylation sites (N-methyl/N-ethyl adjacent to an activating group) is 1. The molecule has 2 aromatic rings. The maximum Gasteiger partial charge on any atom is 0.127 e. The number of ether oxygens (including phenoxy) is 1. The van der Waals surface area contributed by atoms with Crippen molar-refractivity contribution in [2.45, 2.75) is 12.2 Å². The number of piperazine rings is 1. The van der Waals surface area contributed by atoms with E-state index in [1.165, 1.54) is 4.90 Å². The number of hydrogen-bond donors (Lipinski definition) is 3. The summed E-state index contributed by atoms with van der Waals surface area (Å²) >= 11 is 12.1. The van der Waals surface area contributed by atoms with Crippen LogP contribution < -0.4 is 9.80 Å². The average molecular weight is 411 g/mol. The Labute approximate surface area is 171 Å². The molecule has 0 aromatic heterocycles. The minimum atomic E-state index is -0.486. The van der Waals surface area contributed by atoms with Gasteiger partial charge in [-0.05, 0) is 35.4 Å². The largest absolute Gasteiger partial charge is 0.385 e. The molecule has 146 valence electrons. The van der Waals surface area contributed by atoms with Gasteiger partial charge in [-0.15, -0.1) is 0 Å². The molecular formula is C21H28Cl2N2O2+2. The summed E-state index contributed by atoms with van der Waals surface area (Å²) in [7, 11) is 2.22. The molecule has 3 rings (SSSR count). The van der Waals surface area contributed by atoms with Crippen molar-refractivity contribution < 1.29 is 19.6 Å². The van der Waals surface area contributed by atoms with Gasteiger partial charge < -0.3 is 19.6 Å². The van der Waals surface area contributed by atoms with Gasteiger partial charge in [0.1, 0.15) is 44.9 Å². The lowest BCUT2D eigenvalue weighted by Crippen LogP contribution is -3.27. The Morgan fingerprint density at radius 1 is 0.889 bits per heavy atom. The quantitative estimate of drug-likeness (QED) is 0.633. The van der Waals surface area contributed by atoms with Gasteiger partial charge in [-0.3, -0.25) is 0 Å². The number of rotatable bonds is 7. The van der Waals surface area contributed by atoms with Crippen molar-refractivity contribution in [3.05, 3.63) is 69.7 Å². The van der Waals surface area contributed by atoms with E-state index >= 15 is 0 Å². The van der Waals surface area contributed by atoms with Gasteiger partial charge in [0.25, 0.3) is 0 Å². The van der Waals surface area contributed by atoms with Crippen molar-refractivity contribution in [3.8, 4) is 0 Å². The van der Waals surface area contributed by atoms with E-state index in [-0.39, 0.29) is 6.10 Å². The van der Waals surface area contributed by atoms with Crippen LogP contribution in [-0.2, 0) is 4.74 Å². The summed E-state index contributed by atoms with van der Waals surface area (Å²) in [6, 6.07) is 15.3. The van der Waals surface area contributed by atoms with Crippen LogP contribution in [0.1, 0.15) is 17.2 Å². The molecule has 0 bridgehead atoms. The van der Waals surface area contributed by atoms with Crippen molar-refractivity contribution >= 4 is 23.2 Å². The first kappa shape index (κ1) is 20.6. The molecule has 4 nitrogen and oxygen atoms in total. The summed E-state index contributed by atoms with van der Waals surface area (Å²) in [4.78, 5) is 3.02. The van der Waals surface area contributed by atoms with Crippen molar-refractivity contribution in [1.82, 2.24) is 0 Å². The molecule has 1 heterocycles. The molecule has 1 aliphatic rings. The highest BCUT2D eigenvalue weighted by Crippen LogP contribution is 2.28. The van der Waals surface area contributed by atoms with Gasteiger partial charge in [0.2, 0.25) is 0 Å². The van der Waals surface area contributed by atoms with Gasteiger partial charge in [-0.2, -0.15) is 0 Å². The molecule has 0 spiro atoms. The summed E-state index contributed by atoms with van der Waals surface area (Å²) in [6.07, 6.45) is -0.748. The SMILES string of the molecule is C[NH+]1CC[NH+](C[C@@H](O)COC(c2ccc(Cl)cc2)c2ccc(Cl)cc2)CC1. The lowest BCUT2D eigenvalue weighted by molar-refractivity contribution is -1.00. The number of aliphatic hydroxyl groups is 1. The first-order valence-electron chi connectivity index (χ1n) is 9.46. The summed E-state index contributed by atoms with van der Waals surface area (Å²) in [5.74, 6) is 0. The monoisotopic (exact) mass is 410 g/mol. The minimum Gasteiger partial charge on any atom is -0.385 e. The van der Waals surface area contributed by atoms with Gasteiger partial charge in [0.15, 0.2) is 0 Å². The number of benzene rings is 2. The fraction of sp³-hybridized carbons (Fsp3) is 0.429. The molecule has 1 aliphatic heterocycles. The van der Waals surface area contributed by atoms with Crippen molar-refractivity contribution in [2.24, 2.45) is 0 Å². The Hall–Kier alpha value is -1.14. The molecule has 0 aliphatic carbocycles. The van der Waals surface area contributed by atoms with E-state index in [0.29, 0.717) is 16.7 Å². The molecule has 6 heteroatoms. The first-order valence-corrected chi connectivity index (χ1v) is 10.2. The normalized spacial score (nSPS) is 21.4. The maximum absolute atomic E-state index is 10.5. The number of quaternary nitrogens is 2. The predicted octanol–water partition coefficient (Wildman–Crippen LogP) is 0.874. The van der Waals surface area contributed by atoms with Crippen LogP contribution in [-0.4, -0.2) is 57.6 Å². The summed E-state index contributed by atoms with van der Waals surface area (Å²) in [5, 5.41) is 11.9. The van der Waals surface area contributed by atoms with Crippen LogP contribution >= 0.6 is 23.2 Å². The fourth-order valence-corrected chi connectivity index (χ4v) is 3.75. The maximum atomic E-state index is 10.5. The van der Waals surface area contributed by atoms with E-state index in [0.717, 1.165) is 43.9 Å². The van der Waals surface area contributed by atoms with Crippen LogP contribution in [0.25, 0.3) is 0 Å². The molecule has 2 aromatic carbocycles. The molecule has 0 unspecified atom stereocenters. The molecule has 1 atom stereocenters. The Bertz CT molecular complexity index is 656. The zero-order valence-electron chi connectivity index (χ0n) is 15.6. The number of nitrogens with one attached hydrogen (secondary N) is 2. The highest BCUT2D eigenvalue weighted by Gasteiger charge is 2.24. The standard InChI is InChI=1S/C21H26Cl2N2O2/c1-24-10-12-25(13-11-24)14-20(26)15-27-21(16-2-6-18(22)7-3-16)17-4-8-19(23)9-5-17/h2-9,20-21,26H,10-15H2,1H3/p+2/t20-/m1/s1. The van der Waals surface area contributed by atoms with E-state index in [1.807, 2.05) is 48.5 Å². The van der Waals surface area contributed by atoms with Crippen molar-refractivity contribution in [2.75, 3.05) is 46.4 Å². The van der Waals surface area contributed by atoms with Crippen LogP contribution in [0, 0.1) is 0 Å². The molecule has 0 amide bonds. The third-order valence-electron chi connectivity index (χ3n) is 5.14. The third kappa shape index (κ3) is 6.18. The molecule has 27 heavy (non-hydrogen) atoms. The number of halogens is 2. The van der Waals surface area contributed by atoms with Crippen LogP contribution in [0.3, 0.4) is 0 Å². The minimum absolute atomic E-state index is 0.263. The van der Waals surface area contributed by atoms with Crippen LogP contribution in [0.2, 0.25) is 10.0 Å². The average Bonchev–Trinajstić information content (AvgIpc) is 2.66. The van der Waals surface area contributed by atoms with Crippen LogP contribution in [0.4, 0.5) is 0 Å². The Morgan fingerprint density at radius 3 is 1.85 bits per heavy atom. The van der Waals surface area contributed by atoms with Gasteiger partial charge >= 0.3 is 0 Å². The number of aliphatic hydroxyl groups excluding tert-OH is 1.